The second kappa shape index (κ2) is 6.30. The van der Waals surface area contributed by atoms with Gasteiger partial charge in [-0.3, -0.25) is 0 Å². The third-order valence-electron chi connectivity index (χ3n) is 5.05. The van der Waals surface area contributed by atoms with Gasteiger partial charge in [-0.25, -0.2) is 9.97 Å². The van der Waals surface area contributed by atoms with E-state index in [2.05, 4.69) is 30.7 Å². The lowest BCUT2D eigenvalue weighted by atomic mass is 9.74. The van der Waals surface area contributed by atoms with Crippen molar-refractivity contribution in [1.29, 1.82) is 0 Å². The fraction of sp³-hybridized carbons (Fsp3) is 0.750. The van der Waals surface area contributed by atoms with Gasteiger partial charge < -0.3 is 4.90 Å². The summed E-state index contributed by atoms with van der Waals surface area (Å²) in [6, 6.07) is 0. The highest BCUT2D eigenvalue weighted by molar-refractivity contribution is 6.30. The van der Waals surface area contributed by atoms with Crippen molar-refractivity contribution in [3.63, 3.8) is 0 Å². The zero-order valence-electron chi connectivity index (χ0n) is 13.2. The first-order valence-corrected chi connectivity index (χ1v) is 8.21. The molecule has 0 saturated carbocycles. The minimum Gasteiger partial charge on any atom is -0.356 e. The van der Waals surface area contributed by atoms with Crippen LogP contribution in [0, 0.1) is 12.3 Å². The van der Waals surface area contributed by atoms with E-state index in [4.69, 9.17) is 16.6 Å². The van der Waals surface area contributed by atoms with Crippen LogP contribution in [0.1, 0.15) is 57.8 Å². The summed E-state index contributed by atoms with van der Waals surface area (Å²) in [7, 11) is 0. The van der Waals surface area contributed by atoms with Gasteiger partial charge in [0.2, 0.25) is 0 Å². The van der Waals surface area contributed by atoms with Gasteiger partial charge in [0.1, 0.15) is 16.8 Å². The predicted molar refractivity (Wildman–Crippen MR) is 85.6 cm³/mol. The lowest BCUT2D eigenvalue weighted by Gasteiger charge is -2.42. The summed E-state index contributed by atoms with van der Waals surface area (Å²) < 4.78 is 0. The maximum Gasteiger partial charge on any atom is 0.137 e. The van der Waals surface area contributed by atoms with Crippen molar-refractivity contribution >= 4 is 17.4 Å². The van der Waals surface area contributed by atoms with Crippen LogP contribution in [0.2, 0.25) is 5.15 Å². The largest absolute Gasteiger partial charge is 0.356 e. The van der Waals surface area contributed by atoms with Crippen LogP contribution >= 0.6 is 11.6 Å². The number of piperidine rings is 1. The molecule has 1 saturated heterocycles. The molecule has 0 radical (unpaired) electrons. The quantitative estimate of drug-likeness (QED) is 0.771. The summed E-state index contributed by atoms with van der Waals surface area (Å²) in [6.07, 6.45) is 5.89. The number of hydrogen-bond donors (Lipinski definition) is 0. The zero-order valence-corrected chi connectivity index (χ0v) is 13.9. The standard InChI is InChI=1S/C16H26ClN3/c1-5-13-18-14(17)12(4)15(19-13)20-10-8-16(6-2,7-3)9-11-20/h5-11H2,1-4H3. The fourth-order valence-corrected chi connectivity index (χ4v) is 3.32. The Morgan fingerprint density at radius 3 is 2.20 bits per heavy atom. The molecule has 0 bridgehead atoms. The molecule has 0 amide bonds. The van der Waals surface area contributed by atoms with Gasteiger partial charge >= 0.3 is 0 Å². The van der Waals surface area contributed by atoms with Crippen molar-refractivity contribution in [2.24, 2.45) is 5.41 Å². The average Bonchev–Trinajstić information content (AvgIpc) is 2.50. The molecule has 0 aromatic carbocycles. The minimum absolute atomic E-state index is 0.537. The van der Waals surface area contributed by atoms with Crippen LogP contribution in [-0.4, -0.2) is 23.1 Å². The van der Waals surface area contributed by atoms with Gasteiger partial charge in [0.25, 0.3) is 0 Å². The summed E-state index contributed by atoms with van der Waals surface area (Å²) >= 11 is 6.25. The van der Waals surface area contributed by atoms with Gasteiger partial charge in [-0.2, -0.15) is 0 Å². The summed E-state index contributed by atoms with van der Waals surface area (Å²) in [4.78, 5) is 11.4. The van der Waals surface area contributed by atoms with Crippen molar-refractivity contribution in [2.75, 3.05) is 18.0 Å². The molecule has 2 heterocycles. The summed E-state index contributed by atoms with van der Waals surface area (Å²) in [5.41, 5.74) is 1.55. The number of anilines is 1. The topological polar surface area (TPSA) is 29.0 Å². The van der Waals surface area contributed by atoms with Crippen molar-refractivity contribution in [1.82, 2.24) is 9.97 Å². The molecule has 1 aliphatic heterocycles. The molecule has 0 spiro atoms. The number of aryl methyl sites for hydroxylation is 1. The van der Waals surface area contributed by atoms with Crippen LogP contribution in [0.5, 0.6) is 0 Å². The fourth-order valence-electron chi connectivity index (χ4n) is 3.14. The second-order valence-corrected chi connectivity index (χ2v) is 6.28. The van der Waals surface area contributed by atoms with E-state index >= 15 is 0 Å². The molecular formula is C16H26ClN3. The number of nitrogens with zero attached hydrogens (tertiary/aromatic N) is 3. The summed E-state index contributed by atoms with van der Waals surface area (Å²) in [6.45, 7) is 10.9. The van der Waals surface area contributed by atoms with E-state index in [0.29, 0.717) is 10.6 Å². The Balaban J connectivity index is 2.20. The Morgan fingerprint density at radius 2 is 1.70 bits per heavy atom. The zero-order chi connectivity index (χ0) is 14.8. The van der Waals surface area contributed by atoms with E-state index in [1.54, 1.807) is 0 Å². The summed E-state index contributed by atoms with van der Waals surface area (Å²) in [5, 5.41) is 0.606. The second-order valence-electron chi connectivity index (χ2n) is 5.93. The van der Waals surface area contributed by atoms with Crippen LogP contribution in [0.3, 0.4) is 0 Å². The van der Waals surface area contributed by atoms with E-state index in [-0.39, 0.29) is 0 Å². The molecular weight excluding hydrogens is 270 g/mol. The molecule has 0 unspecified atom stereocenters. The first-order chi connectivity index (χ1) is 9.55. The van der Waals surface area contributed by atoms with Gasteiger partial charge in [0.05, 0.1) is 0 Å². The molecule has 4 heteroatoms. The molecule has 20 heavy (non-hydrogen) atoms. The van der Waals surface area contributed by atoms with Crippen molar-refractivity contribution in [2.45, 2.75) is 59.8 Å². The van der Waals surface area contributed by atoms with Crippen LogP contribution in [0.15, 0.2) is 0 Å². The Labute approximate surface area is 127 Å². The van der Waals surface area contributed by atoms with Gasteiger partial charge in [-0.15, -0.1) is 0 Å². The van der Waals surface area contributed by atoms with Crippen molar-refractivity contribution < 1.29 is 0 Å². The third kappa shape index (κ3) is 2.93. The number of hydrogen-bond acceptors (Lipinski definition) is 3. The molecule has 0 atom stereocenters. The van der Waals surface area contributed by atoms with Gasteiger partial charge in [-0.1, -0.05) is 45.2 Å². The van der Waals surface area contributed by atoms with Crippen molar-refractivity contribution in [3.05, 3.63) is 16.5 Å². The normalized spacial score (nSPS) is 18.4. The average molecular weight is 296 g/mol. The molecule has 3 nitrogen and oxygen atoms in total. The van der Waals surface area contributed by atoms with E-state index < -0.39 is 0 Å². The molecule has 0 N–H and O–H groups in total. The lowest BCUT2D eigenvalue weighted by Crippen LogP contribution is -2.40. The Hall–Kier alpha value is -0.830. The van der Waals surface area contributed by atoms with E-state index in [9.17, 15) is 0 Å². The van der Waals surface area contributed by atoms with E-state index in [0.717, 1.165) is 36.7 Å². The SMILES string of the molecule is CCc1nc(Cl)c(C)c(N2CCC(CC)(CC)CC2)n1. The van der Waals surface area contributed by atoms with Crippen LogP contribution in [-0.2, 0) is 6.42 Å². The Morgan fingerprint density at radius 1 is 1.10 bits per heavy atom. The number of halogens is 1. The molecule has 0 aliphatic carbocycles. The Kier molecular flexibility index (Phi) is 4.90. The molecule has 1 aromatic rings. The van der Waals surface area contributed by atoms with Crippen LogP contribution < -0.4 is 4.90 Å². The number of rotatable bonds is 4. The monoisotopic (exact) mass is 295 g/mol. The summed E-state index contributed by atoms with van der Waals surface area (Å²) in [5.74, 6) is 1.89. The Bertz CT molecular complexity index is 459. The first kappa shape index (κ1) is 15.6. The van der Waals surface area contributed by atoms with Crippen molar-refractivity contribution in [3.8, 4) is 0 Å². The van der Waals surface area contributed by atoms with Crippen LogP contribution in [0.4, 0.5) is 5.82 Å². The third-order valence-corrected chi connectivity index (χ3v) is 5.41. The minimum atomic E-state index is 0.537. The molecule has 1 fully saturated rings. The molecule has 1 aromatic heterocycles. The van der Waals surface area contributed by atoms with Gasteiger partial charge in [0, 0.05) is 25.1 Å². The highest BCUT2D eigenvalue weighted by Gasteiger charge is 2.32. The predicted octanol–water partition coefficient (Wildman–Crippen LogP) is 4.41. The van der Waals surface area contributed by atoms with Gasteiger partial charge in [0.15, 0.2) is 0 Å². The smallest absolute Gasteiger partial charge is 0.137 e. The highest BCUT2D eigenvalue weighted by Crippen LogP contribution is 2.39. The van der Waals surface area contributed by atoms with Gasteiger partial charge in [-0.05, 0) is 25.2 Å². The first-order valence-electron chi connectivity index (χ1n) is 7.83. The van der Waals surface area contributed by atoms with E-state index in [1.807, 2.05) is 6.92 Å². The maximum absolute atomic E-state index is 6.25. The maximum atomic E-state index is 6.25. The lowest BCUT2D eigenvalue weighted by molar-refractivity contribution is 0.199. The van der Waals surface area contributed by atoms with E-state index in [1.165, 1.54) is 25.7 Å². The molecule has 112 valence electrons. The van der Waals surface area contributed by atoms with Crippen LogP contribution in [0.25, 0.3) is 0 Å². The molecule has 2 rings (SSSR count). The molecule has 1 aliphatic rings. The number of aromatic nitrogens is 2. The highest BCUT2D eigenvalue weighted by atomic mass is 35.5.